The van der Waals surface area contributed by atoms with Gasteiger partial charge in [0.15, 0.2) is 6.10 Å². The number of aryl methyl sites for hydroxylation is 1. The molecule has 9 heteroatoms. The van der Waals surface area contributed by atoms with E-state index in [1.807, 2.05) is 0 Å². The van der Waals surface area contributed by atoms with Crippen LogP contribution in [0.25, 0.3) is 0 Å². The third-order valence-electron chi connectivity index (χ3n) is 3.37. The van der Waals surface area contributed by atoms with Crippen molar-refractivity contribution >= 4 is 21.8 Å². The van der Waals surface area contributed by atoms with Gasteiger partial charge in [-0.25, -0.2) is 4.79 Å². The molecule has 0 saturated heterocycles. The number of non-ortho nitro benzene ring substituents is 1. The number of nitro groups is 1. The van der Waals surface area contributed by atoms with Crippen LogP contribution in [-0.4, -0.2) is 30.5 Å². The number of carboxylic acid groups (broad SMARTS) is 1. The zero-order valence-corrected chi connectivity index (χ0v) is 13.8. The Morgan fingerprint density at radius 1 is 1.16 bits per heavy atom. The van der Waals surface area contributed by atoms with Crippen LogP contribution in [0.15, 0.2) is 59.5 Å². The van der Waals surface area contributed by atoms with Crippen LogP contribution in [0.4, 0.5) is 5.69 Å². The molecule has 1 N–H and O–H groups in total. The molecule has 2 aromatic carbocycles. The van der Waals surface area contributed by atoms with Gasteiger partial charge >= 0.3 is 5.97 Å². The molecular weight excluding hydrogens is 350 g/mol. The van der Waals surface area contributed by atoms with Crippen LogP contribution in [-0.2, 0) is 25.5 Å². The summed E-state index contributed by atoms with van der Waals surface area (Å²) in [6.45, 7) is 0. The van der Waals surface area contributed by atoms with Gasteiger partial charge in [0.05, 0.1) is 4.92 Å². The van der Waals surface area contributed by atoms with Crippen molar-refractivity contribution in [3.8, 4) is 0 Å². The second kappa shape index (κ2) is 7.86. The molecule has 25 heavy (non-hydrogen) atoms. The van der Waals surface area contributed by atoms with Crippen molar-refractivity contribution in [2.45, 2.75) is 23.8 Å². The molecule has 1 atom stereocenters. The predicted octanol–water partition coefficient (Wildman–Crippen LogP) is 2.39. The molecule has 0 saturated carbocycles. The molecule has 0 radical (unpaired) electrons. The lowest BCUT2D eigenvalue weighted by Gasteiger charge is -2.13. The number of carboxylic acids is 1. The van der Waals surface area contributed by atoms with Gasteiger partial charge in [-0.15, -0.1) is 0 Å². The Labute approximate surface area is 144 Å². The van der Waals surface area contributed by atoms with Crippen molar-refractivity contribution in [2.24, 2.45) is 0 Å². The van der Waals surface area contributed by atoms with Crippen LogP contribution in [0.1, 0.15) is 12.0 Å². The maximum absolute atomic E-state index is 12.2. The lowest BCUT2D eigenvalue weighted by molar-refractivity contribution is -0.385. The third-order valence-corrected chi connectivity index (χ3v) is 4.69. The molecule has 0 aliphatic carbocycles. The lowest BCUT2D eigenvalue weighted by atomic mass is 10.1. The second-order valence-electron chi connectivity index (χ2n) is 5.16. The molecule has 0 fully saturated rings. The summed E-state index contributed by atoms with van der Waals surface area (Å²) in [5, 5.41) is 20.0. The lowest BCUT2D eigenvalue weighted by Crippen LogP contribution is -2.27. The van der Waals surface area contributed by atoms with E-state index in [1.165, 1.54) is 6.07 Å². The number of benzene rings is 2. The van der Waals surface area contributed by atoms with Crippen LogP contribution < -0.4 is 0 Å². The fourth-order valence-electron chi connectivity index (χ4n) is 2.12. The fraction of sp³-hybridized carbons (Fsp3) is 0.188. The van der Waals surface area contributed by atoms with Crippen LogP contribution in [0.5, 0.6) is 0 Å². The van der Waals surface area contributed by atoms with Crippen LogP contribution in [0.3, 0.4) is 0 Å². The third kappa shape index (κ3) is 5.10. The van der Waals surface area contributed by atoms with Crippen molar-refractivity contribution in [3.05, 3.63) is 70.3 Å². The average Bonchev–Trinajstić information content (AvgIpc) is 2.59. The van der Waals surface area contributed by atoms with E-state index < -0.39 is 37.7 Å². The molecule has 8 nitrogen and oxygen atoms in total. The molecule has 0 bridgehead atoms. The summed E-state index contributed by atoms with van der Waals surface area (Å²) in [7, 11) is -4.45. The largest absolute Gasteiger partial charge is 0.479 e. The first kappa shape index (κ1) is 18.6. The quantitative estimate of drug-likeness (QED) is 0.432. The standard InChI is InChI=1S/C16H15NO7S/c18-16(19)15(10-9-12-5-2-1-3-6-12)24-25(22,23)14-8-4-7-13(11-14)17(20)21/h1-8,11,15H,9-10H2,(H,18,19)/t15-/m1/s1. The zero-order valence-electron chi connectivity index (χ0n) is 12.9. The van der Waals surface area contributed by atoms with E-state index in [9.17, 15) is 28.4 Å². The minimum absolute atomic E-state index is 0.0620. The van der Waals surface area contributed by atoms with Crippen molar-refractivity contribution in [2.75, 3.05) is 0 Å². The van der Waals surface area contributed by atoms with E-state index in [1.54, 1.807) is 30.3 Å². The van der Waals surface area contributed by atoms with Gasteiger partial charge in [-0.1, -0.05) is 36.4 Å². The van der Waals surface area contributed by atoms with E-state index in [2.05, 4.69) is 0 Å². The number of rotatable bonds is 8. The van der Waals surface area contributed by atoms with Gasteiger partial charge in [-0.05, 0) is 24.5 Å². The Kier molecular flexibility index (Phi) is 5.84. The van der Waals surface area contributed by atoms with E-state index in [0.29, 0.717) is 6.42 Å². The normalized spacial score (nSPS) is 12.5. The Hall–Kier alpha value is -2.78. The fourth-order valence-corrected chi connectivity index (χ4v) is 3.22. The highest BCUT2D eigenvalue weighted by Crippen LogP contribution is 2.21. The molecule has 2 rings (SSSR count). The molecule has 0 amide bonds. The first-order valence-corrected chi connectivity index (χ1v) is 8.65. The molecular formula is C16H15NO7S. The smallest absolute Gasteiger partial charge is 0.334 e. The number of hydrogen-bond donors (Lipinski definition) is 1. The van der Waals surface area contributed by atoms with Crippen molar-refractivity contribution < 1.29 is 27.4 Å². The molecule has 0 aromatic heterocycles. The minimum atomic E-state index is -4.45. The second-order valence-corrected chi connectivity index (χ2v) is 6.73. The van der Waals surface area contributed by atoms with E-state index in [-0.39, 0.29) is 6.42 Å². The number of hydrogen-bond acceptors (Lipinski definition) is 6. The Balaban J connectivity index is 2.16. The Morgan fingerprint density at radius 2 is 1.84 bits per heavy atom. The van der Waals surface area contributed by atoms with E-state index in [4.69, 9.17) is 4.18 Å². The number of nitrogens with zero attached hydrogens (tertiary/aromatic N) is 1. The molecule has 2 aromatic rings. The van der Waals surface area contributed by atoms with Crippen molar-refractivity contribution in [1.29, 1.82) is 0 Å². The summed E-state index contributed by atoms with van der Waals surface area (Å²) in [6.07, 6.45) is -1.35. The molecule has 0 aliphatic rings. The number of carbonyl (C=O) groups is 1. The summed E-state index contributed by atoms with van der Waals surface area (Å²) in [4.78, 5) is 20.8. The molecule has 0 spiro atoms. The van der Waals surface area contributed by atoms with Crippen LogP contribution in [0.2, 0.25) is 0 Å². The maximum atomic E-state index is 12.2. The van der Waals surface area contributed by atoms with E-state index in [0.717, 1.165) is 23.8 Å². The topological polar surface area (TPSA) is 124 Å². The van der Waals surface area contributed by atoms with Crippen molar-refractivity contribution in [1.82, 2.24) is 0 Å². The van der Waals surface area contributed by atoms with Gasteiger partial charge < -0.3 is 5.11 Å². The summed E-state index contributed by atoms with van der Waals surface area (Å²) >= 11 is 0. The van der Waals surface area contributed by atoms with E-state index >= 15 is 0 Å². The molecule has 0 unspecified atom stereocenters. The highest BCUT2D eigenvalue weighted by atomic mass is 32.2. The van der Waals surface area contributed by atoms with Gasteiger partial charge in [0.25, 0.3) is 15.8 Å². The first-order chi connectivity index (χ1) is 11.8. The van der Waals surface area contributed by atoms with Gasteiger partial charge in [0.1, 0.15) is 4.90 Å². The zero-order chi connectivity index (χ0) is 18.4. The molecule has 0 heterocycles. The first-order valence-electron chi connectivity index (χ1n) is 7.24. The maximum Gasteiger partial charge on any atom is 0.334 e. The Morgan fingerprint density at radius 3 is 2.44 bits per heavy atom. The predicted molar refractivity (Wildman–Crippen MR) is 87.6 cm³/mol. The summed E-state index contributed by atoms with van der Waals surface area (Å²) < 4.78 is 29.2. The highest BCUT2D eigenvalue weighted by Gasteiger charge is 2.28. The molecule has 132 valence electrons. The summed E-state index contributed by atoms with van der Waals surface area (Å²) in [5.74, 6) is -1.43. The summed E-state index contributed by atoms with van der Waals surface area (Å²) in [5.41, 5.74) is 0.408. The van der Waals surface area contributed by atoms with Gasteiger partial charge in [-0.3, -0.25) is 14.3 Å². The average molecular weight is 365 g/mol. The van der Waals surface area contributed by atoms with Gasteiger partial charge in [0.2, 0.25) is 0 Å². The Bertz CT molecular complexity index is 865. The monoisotopic (exact) mass is 365 g/mol. The SMILES string of the molecule is O=C(O)[C@@H](CCc1ccccc1)OS(=O)(=O)c1cccc([N+](=O)[O-])c1. The number of aliphatic carboxylic acids is 1. The van der Waals surface area contributed by atoms with Gasteiger partial charge in [0, 0.05) is 12.1 Å². The minimum Gasteiger partial charge on any atom is -0.479 e. The molecule has 0 aliphatic heterocycles. The highest BCUT2D eigenvalue weighted by molar-refractivity contribution is 7.86. The van der Waals surface area contributed by atoms with Gasteiger partial charge in [-0.2, -0.15) is 8.42 Å². The van der Waals surface area contributed by atoms with Crippen molar-refractivity contribution in [3.63, 3.8) is 0 Å². The van der Waals surface area contributed by atoms with Crippen LogP contribution in [0, 0.1) is 10.1 Å². The van der Waals surface area contributed by atoms with Crippen LogP contribution >= 0.6 is 0 Å². The number of nitro benzene ring substituents is 1. The summed E-state index contributed by atoms with van der Waals surface area (Å²) in [6, 6.07) is 13.2.